The van der Waals surface area contributed by atoms with Crippen molar-refractivity contribution in [3.05, 3.63) is 47.8 Å². The number of para-hydroxylation sites is 1. The Morgan fingerprint density at radius 3 is 2.93 bits per heavy atom. The number of rotatable bonds is 3. The minimum atomic E-state index is -0.339. The van der Waals surface area contributed by atoms with Crippen LogP contribution in [0, 0.1) is 0 Å². The molecule has 2 N–H and O–H groups in total. The quantitative estimate of drug-likeness (QED) is 0.822. The SMILES string of the molecule is CCn1nccc1C(=O)N1CCC2(C1)NCc1ccccc1NC2=NC1CCCC1. The summed E-state index contributed by atoms with van der Waals surface area (Å²) in [4.78, 5) is 20.4. The number of hydrogen-bond donors (Lipinski definition) is 2. The van der Waals surface area contributed by atoms with E-state index in [2.05, 4.69) is 40.0 Å². The number of carbonyl (C=O) groups is 1. The second kappa shape index (κ2) is 7.87. The molecule has 1 aliphatic carbocycles. The van der Waals surface area contributed by atoms with Gasteiger partial charge in [0.15, 0.2) is 0 Å². The molecule has 7 nitrogen and oxygen atoms in total. The lowest BCUT2D eigenvalue weighted by Crippen LogP contribution is -2.55. The molecule has 1 atom stereocenters. The van der Waals surface area contributed by atoms with Gasteiger partial charge in [0.25, 0.3) is 5.91 Å². The number of anilines is 1. The first kappa shape index (κ1) is 19.3. The second-order valence-corrected chi connectivity index (χ2v) is 8.64. The van der Waals surface area contributed by atoms with Gasteiger partial charge in [-0.3, -0.25) is 19.8 Å². The zero-order valence-electron chi connectivity index (χ0n) is 17.6. The lowest BCUT2D eigenvalue weighted by atomic mass is 9.96. The van der Waals surface area contributed by atoms with E-state index in [0.717, 1.165) is 37.3 Å². The standard InChI is InChI=1S/C23H30N6O/c1-2-29-20(11-13-25-29)21(30)28-14-12-23(16-28)22(26-18-8-4-5-9-18)27-19-10-6-3-7-17(19)15-24-23/h3,6-7,10-11,13,18,24H,2,4-5,8-9,12,14-16H2,1H3,(H,26,27). The van der Waals surface area contributed by atoms with E-state index in [-0.39, 0.29) is 11.4 Å². The lowest BCUT2D eigenvalue weighted by molar-refractivity contribution is 0.0773. The van der Waals surface area contributed by atoms with Gasteiger partial charge < -0.3 is 10.2 Å². The molecule has 158 valence electrons. The second-order valence-electron chi connectivity index (χ2n) is 8.64. The minimum absolute atomic E-state index is 0.0509. The molecule has 2 aliphatic heterocycles. The number of hydrogen-bond acceptors (Lipinski definition) is 4. The highest BCUT2D eigenvalue weighted by molar-refractivity contribution is 6.05. The van der Waals surface area contributed by atoms with Crippen molar-refractivity contribution in [1.82, 2.24) is 20.0 Å². The zero-order chi connectivity index (χ0) is 20.6. The van der Waals surface area contributed by atoms with Crippen LogP contribution in [0.1, 0.15) is 55.1 Å². The summed E-state index contributed by atoms with van der Waals surface area (Å²) in [5.74, 6) is 1.05. The monoisotopic (exact) mass is 406 g/mol. The summed E-state index contributed by atoms with van der Waals surface area (Å²) in [6.07, 6.45) is 7.37. The van der Waals surface area contributed by atoms with Gasteiger partial charge in [0.1, 0.15) is 11.5 Å². The van der Waals surface area contributed by atoms with Crippen molar-refractivity contribution in [1.29, 1.82) is 0 Å². The number of aromatic nitrogens is 2. The van der Waals surface area contributed by atoms with Crippen molar-refractivity contribution >= 4 is 17.4 Å². The average molecular weight is 407 g/mol. The highest BCUT2D eigenvalue weighted by Gasteiger charge is 2.46. The summed E-state index contributed by atoms with van der Waals surface area (Å²) >= 11 is 0. The van der Waals surface area contributed by atoms with Crippen LogP contribution in [-0.4, -0.2) is 51.1 Å². The highest BCUT2D eigenvalue weighted by atomic mass is 16.2. The first-order valence-corrected chi connectivity index (χ1v) is 11.2. The number of aryl methyl sites for hydroxylation is 1. The maximum absolute atomic E-state index is 13.2. The van der Waals surface area contributed by atoms with Crippen LogP contribution in [0.5, 0.6) is 0 Å². The molecule has 1 saturated carbocycles. The Labute approximate surface area is 177 Å². The Hall–Kier alpha value is -2.67. The maximum atomic E-state index is 13.2. The van der Waals surface area contributed by atoms with E-state index in [0.29, 0.717) is 31.4 Å². The third-order valence-corrected chi connectivity index (χ3v) is 6.77. The molecule has 1 aromatic heterocycles. The van der Waals surface area contributed by atoms with Crippen molar-refractivity contribution in [3.8, 4) is 0 Å². The molecule has 2 fully saturated rings. The molecule has 3 aliphatic rings. The molecular formula is C23H30N6O. The number of amidine groups is 1. The molecule has 3 heterocycles. The van der Waals surface area contributed by atoms with E-state index in [9.17, 15) is 4.79 Å². The third kappa shape index (κ3) is 3.41. The summed E-state index contributed by atoms with van der Waals surface area (Å²) in [5, 5.41) is 11.7. The van der Waals surface area contributed by atoms with E-state index < -0.39 is 0 Å². The van der Waals surface area contributed by atoms with Gasteiger partial charge in [-0.05, 0) is 43.9 Å². The summed E-state index contributed by atoms with van der Waals surface area (Å²) in [6.45, 7) is 4.80. The van der Waals surface area contributed by atoms with E-state index in [4.69, 9.17) is 4.99 Å². The number of benzene rings is 1. The van der Waals surface area contributed by atoms with Crippen LogP contribution in [0.4, 0.5) is 5.69 Å². The van der Waals surface area contributed by atoms with Gasteiger partial charge in [-0.25, -0.2) is 0 Å². The van der Waals surface area contributed by atoms with E-state index in [1.807, 2.05) is 17.9 Å². The normalized spacial score (nSPS) is 25.5. The van der Waals surface area contributed by atoms with Crippen LogP contribution in [-0.2, 0) is 13.1 Å². The molecule has 1 unspecified atom stereocenters. The predicted molar refractivity (Wildman–Crippen MR) is 118 cm³/mol. The summed E-state index contributed by atoms with van der Waals surface area (Å²) < 4.78 is 1.77. The first-order chi connectivity index (χ1) is 14.7. The van der Waals surface area contributed by atoms with E-state index >= 15 is 0 Å². The van der Waals surface area contributed by atoms with Crippen LogP contribution in [0.3, 0.4) is 0 Å². The smallest absolute Gasteiger partial charge is 0.272 e. The van der Waals surface area contributed by atoms with Crippen molar-refractivity contribution in [2.45, 2.75) is 63.7 Å². The zero-order valence-corrected chi connectivity index (χ0v) is 17.6. The summed E-state index contributed by atoms with van der Waals surface area (Å²) in [5.41, 5.74) is 2.68. The number of amides is 1. The maximum Gasteiger partial charge on any atom is 0.272 e. The van der Waals surface area contributed by atoms with Crippen molar-refractivity contribution in [2.24, 2.45) is 4.99 Å². The van der Waals surface area contributed by atoms with Gasteiger partial charge >= 0.3 is 0 Å². The fourth-order valence-corrected chi connectivity index (χ4v) is 5.01. The third-order valence-electron chi connectivity index (χ3n) is 6.77. The van der Waals surface area contributed by atoms with Crippen LogP contribution >= 0.6 is 0 Å². The highest BCUT2D eigenvalue weighted by Crippen LogP contribution is 2.32. The topological polar surface area (TPSA) is 74.6 Å². The van der Waals surface area contributed by atoms with Crippen molar-refractivity contribution in [3.63, 3.8) is 0 Å². The number of aliphatic imine (C=N–C) groups is 1. The van der Waals surface area contributed by atoms with Crippen LogP contribution in [0.15, 0.2) is 41.5 Å². The van der Waals surface area contributed by atoms with E-state index in [1.54, 1.807) is 10.9 Å². The van der Waals surface area contributed by atoms with Crippen molar-refractivity contribution in [2.75, 3.05) is 18.4 Å². The molecule has 0 radical (unpaired) electrons. The molecule has 1 aromatic carbocycles. The van der Waals surface area contributed by atoms with Crippen LogP contribution in [0.2, 0.25) is 0 Å². The Morgan fingerprint density at radius 2 is 2.10 bits per heavy atom. The fourth-order valence-electron chi connectivity index (χ4n) is 5.01. The van der Waals surface area contributed by atoms with Crippen LogP contribution in [0.25, 0.3) is 0 Å². The molecule has 0 bridgehead atoms. The van der Waals surface area contributed by atoms with Gasteiger partial charge in [0.2, 0.25) is 0 Å². The number of fused-ring (bicyclic) bond motifs is 1. The van der Waals surface area contributed by atoms with E-state index in [1.165, 1.54) is 18.4 Å². The Bertz CT molecular complexity index is 960. The van der Waals surface area contributed by atoms with Gasteiger partial charge in [0.05, 0.1) is 11.6 Å². The van der Waals surface area contributed by atoms with Crippen molar-refractivity contribution < 1.29 is 4.79 Å². The Kier molecular flexibility index (Phi) is 5.06. The fraction of sp³-hybridized carbons (Fsp3) is 0.522. The number of nitrogens with one attached hydrogen (secondary N) is 2. The molecular weight excluding hydrogens is 376 g/mol. The largest absolute Gasteiger partial charge is 0.342 e. The van der Waals surface area contributed by atoms with Gasteiger partial charge in [-0.15, -0.1) is 0 Å². The molecule has 1 amide bonds. The summed E-state index contributed by atoms with van der Waals surface area (Å²) in [7, 11) is 0. The lowest BCUT2D eigenvalue weighted by Gasteiger charge is -2.31. The molecule has 1 saturated heterocycles. The number of likely N-dealkylation sites (tertiary alicyclic amines) is 1. The Morgan fingerprint density at radius 1 is 1.27 bits per heavy atom. The summed E-state index contributed by atoms with van der Waals surface area (Å²) in [6, 6.07) is 10.6. The Balaban J connectivity index is 1.45. The first-order valence-electron chi connectivity index (χ1n) is 11.2. The van der Waals surface area contributed by atoms with Gasteiger partial charge in [0, 0.05) is 38.1 Å². The molecule has 30 heavy (non-hydrogen) atoms. The van der Waals surface area contributed by atoms with Gasteiger partial charge in [-0.2, -0.15) is 5.10 Å². The van der Waals surface area contributed by atoms with Crippen LogP contribution < -0.4 is 10.6 Å². The molecule has 1 spiro atoms. The average Bonchev–Trinajstić information content (AvgIpc) is 3.51. The number of carbonyl (C=O) groups excluding carboxylic acids is 1. The number of nitrogens with zero attached hydrogens (tertiary/aromatic N) is 4. The minimum Gasteiger partial charge on any atom is -0.342 e. The molecule has 7 heteroatoms. The molecule has 5 rings (SSSR count). The predicted octanol–water partition coefficient (Wildman–Crippen LogP) is 3.04. The van der Waals surface area contributed by atoms with Gasteiger partial charge in [-0.1, -0.05) is 31.0 Å². The molecule has 2 aromatic rings.